The van der Waals surface area contributed by atoms with E-state index in [-0.39, 0.29) is 18.3 Å². The van der Waals surface area contributed by atoms with Gasteiger partial charge in [-0.05, 0) is 40.2 Å². The molecule has 0 spiro atoms. The molecule has 24 heavy (non-hydrogen) atoms. The zero-order valence-electron chi connectivity index (χ0n) is 12.5. The van der Waals surface area contributed by atoms with Crippen molar-refractivity contribution in [3.05, 3.63) is 50.6 Å². The molecule has 128 valence electrons. The number of morpholine rings is 1. The van der Waals surface area contributed by atoms with E-state index in [1.807, 2.05) is 6.07 Å². The zero-order chi connectivity index (χ0) is 17.1. The zero-order valence-corrected chi connectivity index (χ0v) is 14.9. The molecule has 2 heterocycles. The van der Waals surface area contributed by atoms with Gasteiger partial charge in [-0.1, -0.05) is 0 Å². The van der Waals surface area contributed by atoms with E-state index in [0.717, 1.165) is 22.0 Å². The highest BCUT2D eigenvalue weighted by Crippen LogP contribution is 2.24. The molecule has 0 radical (unpaired) electrons. The maximum Gasteiger partial charge on any atom is 0.264 e. The normalized spacial score (nSPS) is 17.8. The topological polar surface area (TPSA) is 38.8 Å². The van der Waals surface area contributed by atoms with Crippen LogP contribution in [0.25, 0.3) is 0 Å². The maximum absolute atomic E-state index is 13.6. The lowest BCUT2D eigenvalue weighted by Gasteiger charge is -2.32. The van der Waals surface area contributed by atoms with E-state index in [1.165, 1.54) is 11.3 Å². The lowest BCUT2D eigenvalue weighted by Crippen LogP contribution is -2.47. The minimum Gasteiger partial charge on any atom is -0.488 e. The number of hydrogen-bond donors (Lipinski definition) is 0. The van der Waals surface area contributed by atoms with Crippen LogP contribution in [0, 0.1) is 11.6 Å². The van der Waals surface area contributed by atoms with Crippen molar-refractivity contribution >= 4 is 33.2 Å². The second kappa shape index (κ2) is 7.58. The number of hydrogen-bond acceptors (Lipinski definition) is 4. The molecule has 1 saturated heterocycles. The summed E-state index contributed by atoms with van der Waals surface area (Å²) in [5, 5.41) is 0. The largest absolute Gasteiger partial charge is 0.488 e. The van der Waals surface area contributed by atoms with Crippen molar-refractivity contribution in [2.75, 3.05) is 26.3 Å². The number of halogens is 3. The summed E-state index contributed by atoms with van der Waals surface area (Å²) in [5.41, 5.74) is 0. The Morgan fingerprint density at radius 1 is 1.38 bits per heavy atom. The second-order valence-electron chi connectivity index (χ2n) is 5.23. The Bertz CT molecular complexity index is 740. The molecule has 0 saturated carbocycles. The van der Waals surface area contributed by atoms with Crippen LogP contribution < -0.4 is 4.74 Å². The Balaban J connectivity index is 1.59. The number of rotatable bonds is 4. The van der Waals surface area contributed by atoms with Crippen LogP contribution in [0.4, 0.5) is 8.78 Å². The predicted molar refractivity (Wildman–Crippen MR) is 89.5 cm³/mol. The van der Waals surface area contributed by atoms with Crippen molar-refractivity contribution in [1.82, 2.24) is 4.90 Å². The number of carbonyl (C=O) groups is 1. The van der Waals surface area contributed by atoms with Crippen LogP contribution in [0.2, 0.25) is 0 Å². The van der Waals surface area contributed by atoms with Crippen LogP contribution in [0.15, 0.2) is 34.1 Å². The molecule has 1 aliphatic heterocycles. The van der Waals surface area contributed by atoms with Gasteiger partial charge in [-0.2, -0.15) is 0 Å². The van der Waals surface area contributed by atoms with Crippen molar-refractivity contribution in [3.63, 3.8) is 0 Å². The molecule has 2 aromatic rings. The van der Waals surface area contributed by atoms with Crippen LogP contribution in [0.1, 0.15) is 9.67 Å². The van der Waals surface area contributed by atoms with E-state index in [4.69, 9.17) is 9.47 Å². The Hall–Kier alpha value is -1.51. The lowest BCUT2D eigenvalue weighted by molar-refractivity contribution is -0.0404. The number of amides is 1. The number of nitrogens with zero attached hydrogens (tertiary/aromatic N) is 1. The molecular weight excluding hydrogens is 404 g/mol. The Morgan fingerprint density at radius 3 is 2.96 bits per heavy atom. The molecule has 0 aliphatic carbocycles. The summed E-state index contributed by atoms with van der Waals surface area (Å²) < 4.78 is 38.4. The van der Waals surface area contributed by atoms with Crippen molar-refractivity contribution in [1.29, 1.82) is 0 Å². The third kappa shape index (κ3) is 4.12. The number of thiophene rings is 1. The summed E-state index contributed by atoms with van der Waals surface area (Å²) in [7, 11) is 0. The van der Waals surface area contributed by atoms with Gasteiger partial charge in [0.25, 0.3) is 5.91 Å². The standard InChI is InChI=1S/C16H14BrF2NO3S/c17-15-4-3-14(24-15)16(21)20-5-6-22-11(8-20)9-23-13-7-10(18)1-2-12(13)19/h1-4,7,11H,5-6,8-9H2. The van der Waals surface area contributed by atoms with E-state index < -0.39 is 17.7 Å². The van der Waals surface area contributed by atoms with Gasteiger partial charge in [0.05, 0.1) is 21.8 Å². The number of benzene rings is 1. The number of carbonyl (C=O) groups excluding carboxylic acids is 1. The molecule has 4 nitrogen and oxygen atoms in total. The molecule has 0 bridgehead atoms. The lowest BCUT2D eigenvalue weighted by atomic mass is 10.2. The Morgan fingerprint density at radius 2 is 2.21 bits per heavy atom. The van der Waals surface area contributed by atoms with Crippen molar-refractivity contribution in [2.45, 2.75) is 6.10 Å². The minimum absolute atomic E-state index is 0.0400. The fraction of sp³-hybridized carbons (Fsp3) is 0.312. The number of ether oxygens (including phenoxy) is 2. The Kier molecular flexibility index (Phi) is 5.47. The first kappa shape index (κ1) is 17.3. The smallest absolute Gasteiger partial charge is 0.264 e. The molecule has 1 aromatic heterocycles. The van der Waals surface area contributed by atoms with E-state index in [2.05, 4.69) is 15.9 Å². The quantitative estimate of drug-likeness (QED) is 0.760. The van der Waals surface area contributed by atoms with Gasteiger partial charge in [-0.15, -0.1) is 11.3 Å². The highest BCUT2D eigenvalue weighted by molar-refractivity contribution is 9.11. The summed E-state index contributed by atoms with van der Waals surface area (Å²) in [5.74, 6) is -1.44. The molecule has 1 aliphatic rings. The fourth-order valence-electron chi connectivity index (χ4n) is 2.36. The van der Waals surface area contributed by atoms with Gasteiger partial charge < -0.3 is 14.4 Å². The third-order valence-corrected chi connectivity index (χ3v) is 5.14. The van der Waals surface area contributed by atoms with Gasteiger partial charge in [-0.25, -0.2) is 8.78 Å². The van der Waals surface area contributed by atoms with Gasteiger partial charge in [0.15, 0.2) is 11.6 Å². The van der Waals surface area contributed by atoms with Crippen molar-refractivity contribution in [2.24, 2.45) is 0 Å². The van der Waals surface area contributed by atoms with E-state index >= 15 is 0 Å². The minimum atomic E-state index is -0.636. The third-order valence-electron chi connectivity index (χ3n) is 3.53. The molecule has 1 atom stereocenters. The van der Waals surface area contributed by atoms with Crippen LogP contribution >= 0.6 is 27.3 Å². The van der Waals surface area contributed by atoms with Crippen molar-refractivity contribution < 1.29 is 23.0 Å². The predicted octanol–water partition coefficient (Wildman–Crippen LogP) is 3.71. The van der Waals surface area contributed by atoms with Gasteiger partial charge >= 0.3 is 0 Å². The summed E-state index contributed by atoms with van der Waals surface area (Å²) in [6.45, 7) is 1.24. The van der Waals surface area contributed by atoms with E-state index in [9.17, 15) is 13.6 Å². The molecule has 8 heteroatoms. The van der Waals surface area contributed by atoms with E-state index in [1.54, 1.807) is 11.0 Å². The molecule has 3 rings (SSSR count). The summed E-state index contributed by atoms with van der Waals surface area (Å²) in [4.78, 5) is 14.8. The van der Waals surface area contributed by atoms with E-state index in [0.29, 0.717) is 24.6 Å². The van der Waals surface area contributed by atoms with Crippen LogP contribution in [0.5, 0.6) is 5.75 Å². The summed E-state index contributed by atoms with van der Waals surface area (Å²) in [6.07, 6.45) is -0.395. The monoisotopic (exact) mass is 417 g/mol. The summed E-state index contributed by atoms with van der Waals surface area (Å²) in [6, 6.07) is 6.62. The molecule has 1 aromatic carbocycles. The fourth-order valence-corrected chi connectivity index (χ4v) is 3.71. The molecule has 0 N–H and O–H groups in total. The molecule has 1 fully saturated rings. The highest BCUT2D eigenvalue weighted by Gasteiger charge is 2.26. The van der Waals surface area contributed by atoms with Gasteiger partial charge in [0.1, 0.15) is 18.5 Å². The average molecular weight is 418 g/mol. The van der Waals surface area contributed by atoms with Gasteiger partial charge in [-0.3, -0.25) is 4.79 Å². The van der Waals surface area contributed by atoms with Gasteiger partial charge in [0.2, 0.25) is 0 Å². The van der Waals surface area contributed by atoms with Gasteiger partial charge in [0, 0.05) is 12.6 Å². The van der Waals surface area contributed by atoms with Crippen LogP contribution in [-0.2, 0) is 4.74 Å². The SMILES string of the molecule is O=C(c1ccc(Br)s1)N1CCOC(COc2cc(F)ccc2F)C1. The van der Waals surface area contributed by atoms with Crippen LogP contribution in [-0.4, -0.2) is 43.2 Å². The summed E-state index contributed by atoms with van der Waals surface area (Å²) >= 11 is 4.70. The average Bonchev–Trinajstić information content (AvgIpc) is 3.02. The first-order valence-corrected chi connectivity index (χ1v) is 8.88. The molecule has 1 amide bonds. The van der Waals surface area contributed by atoms with Crippen molar-refractivity contribution in [3.8, 4) is 5.75 Å². The first-order chi connectivity index (χ1) is 11.5. The Labute approximate surface area is 150 Å². The second-order valence-corrected chi connectivity index (χ2v) is 7.70. The maximum atomic E-state index is 13.6. The first-order valence-electron chi connectivity index (χ1n) is 7.27. The molecular formula is C16H14BrF2NO3S. The molecule has 1 unspecified atom stereocenters. The van der Waals surface area contributed by atoms with Crippen LogP contribution in [0.3, 0.4) is 0 Å². The highest BCUT2D eigenvalue weighted by atomic mass is 79.9.